The van der Waals surface area contributed by atoms with Crippen LogP contribution in [-0.4, -0.2) is 35.9 Å². The average molecular weight is 274 g/mol. The number of rotatable bonds is 5. The third-order valence-corrected chi connectivity index (χ3v) is 3.15. The maximum absolute atomic E-state index is 11.7. The molecule has 1 amide bonds. The van der Waals surface area contributed by atoms with E-state index in [-0.39, 0.29) is 16.6 Å². The summed E-state index contributed by atoms with van der Waals surface area (Å²) in [6, 6.07) is 3.65. The summed E-state index contributed by atoms with van der Waals surface area (Å²) in [4.78, 5) is 29.7. The first kappa shape index (κ1) is 14.7. The number of ether oxygens (including phenoxy) is 1. The zero-order valence-corrected chi connectivity index (χ0v) is 10.7. The van der Waals surface area contributed by atoms with Crippen LogP contribution in [-0.2, 0) is 4.57 Å². The number of carbonyl (C=O) groups excluding carboxylic acids is 1. The van der Waals surface area contributed by atoms with E-state index in [1.807, 2.05) is 0 Å². The van der Waals surface area contributed by atoms with Gasteiger partial charge < -0.3 is 25.6 Å². The van der Waals surface area contributed by atoms with Gasteiger partial charge in [0.05, 0.1) is 18.0 Å². The van der Waals surface area contributed by atoms with Crippen LogP contribution in [0.4, 0.5) is 0 Å². The molecule has 0 radical (unpaired) electrons. The lowest BCUT2D eigenvalue weighted by atomic mass is 10.2. The lowest BCUT2D eigenvalue weighted by molar-refractivity contribution is 0.0951. The van der Waals surface area contributed by atoms with Gasteiger partial charge in [-0.3, -0.25) is 9.36 Å². The lowest BCUT2D eigenvalue weighted by Gasteiger charge is -2.11. The average Bonchev–Trinajstić information content (AvgIpc) is 2.34. The van der Waals surface area contributed by atoms with Gasteiger partial charge in [-0.05, 0) is 18.2 Å². The normalized spacial score (nSPS) is 11.1. The Labute approximate surface area is 104 Å². The molecular weight excluding hydrogens is 259 g/mol. The van der Waals surface area contributed by atoms with Crippen LogP contribution in [0, 0.1) is 0 Å². The highest BCUT2D eigenvalue weighted by molar-refractivity contribution is 7.60. The van der Waals surface area contributed by atoms with Crippen molar-refractivity contribution in [2.75, 3.05) is 20.2 Å². The third-order valence-electron chi connectivity index (χ3n) is 2.20. The summed E-state index contributed by atoms with van der Waals surface area (Å²) in [6.07, 6.45) is 0. The highest BCUT2D eigenvalue weighted by Crippen LogP contribution is 2.35. The molecule has 0 heterocycles. The second kappa shape index (κ2) is 5.97. The van der Waals surface area contributed by atoms with Gasteiger partial charge >= 0.3 is 7.60 Å². The number of nitrogens with one attached hydrogen (secondary N) is 1. The van der Waals surface area contributed by atoms with E-state index in [0.29, 0.717) is 13.1 Å². The van der Waals surface area contributed by atoms with Gasteiger partial charge in [0.15, 0.2) is 0 Å². The van der Waals surface area contributed by atoms with Crippen molar-refractivity contribution in [2.45, 2.75) is 0 Å². The summed E-state index contributed by atoms with van der Waals surface area (Å²) in [5.41, 5.74) is 5.46. The Kier molecular flexibility index (Phi) is 4.86. The minimum absolute atomic E-state index is 0.102. The molecule has 0 spiro atoms. The van der Waals surface area contributed by atoms with Crippen molar-refractivity contribution in [2.24, 2.45) is 5.73 Å². The number of benzene rings is 1. The van der Waals surface area contributed by atoms with Crippen molar-refractivity contribution in [1.82, 2.24) is 5.32 Å². The quantitative estimate of drug-likeness (QED) is 0.521. The van der Waals surface area contributed by atoms with Gasteiger partial charge in [-0.2, -0.15) is 0 Å². The van der Waals surface area contributed by atoms with Crippen LogP contribution in [0.5, 0.6) is 5.75 Å². The van der Waals surface area contributed by atoms with Crippen molar-refractivity contribution < 1.29 is 23.9 Å². The van der Waals surface area contributed by atoms with Crippen LogP contribution in [0.25, 0.3) is 0 Å². The molecule has 1 rings (SSSR count). The Hall–Kier alpha value is -1.40. The molecule has 0 bridgehead atoms. The number of nitrogens with two attached hydrogens (primary N) is 1. The van der Waals surface area contributed by atoms with Crippen LogP contribution >= 0.6 is 7.60 Å². The van der Waals surface area contributed by atoms with Crippen molar-refractivity contribution in [3.05, 3.63) is 23.8 Å². The molecule has 0 aliphatic rings. The molecule has 7 nitrogen and oxygen atoms in total. The molecule has 18 heavy (non-hydrogen) atoms. The van der Waals surface area contributed by atoms with E-state index in [1.54, 1.807) is 0 Å². The van der Waals surface area contributed by atoms with Gasteiger partial charge in [0.2, 0.25) is 0 Å². The second-order valence-electron chi connectivity index (χ2n) is 3.47. The van der Waals surface area contributed by atoms with E-state index in [0.717, 1.165) is 6.07 Å². The van der Waals surface area contributed by atoms with Crippen LogP contribution < -0.4 is 21.1 Å². The first-order chi connectivity index (χ1) is 8.40. The van der Waals surface area contributed by atoms with Crippen molar-refractivity contribution in [3.63, 3.8) is 0 Å². The Morgan fingerprint density at radius 3 is 2.67 bits per heavy atom. The Bertz CT molecular complexity index is 485. The van der Waals surface area contributed by atoms with Gasteiger partial charge in [0.25, 0.3) is 5.91 Å². The molecular formula is C10H15N2O5P. The minimum Gasteiger partial charge on any atom is -0.496 e. The summed E-state index contributed by atoms with van der Waals surface area (Å²) in [5, 5.41) is 2.34. The van der Waals surface area contributed by atoms with Crippen LogP contribution in [0.2, 0.25) is 0 Å². The SMILES string of the molecule is COc1cc(P(=O)(O)O)ccc1C(=O)NCCN. The molecule has 0 saturated carbocycles. The maximum atomic E-state index is 11.7. The third kappa shape index (κ3) is 3.54. The summed E-state index contributed by atoms with van der Waals surface area (Å²) in [5.74, 6) is -0.306. The molecule has 0 aliphatic heterocycles. The molecule has 0 atom stereocenters. The monoisotopic (exact) mass is 274 g/mol. The Balaban J connectivity index is 3.08. The largest absolute Gasteiger partial charge is 0.496 e. The molecule has 100 valence electrons. The number of hydrogen-bond acceptors (Lipinski definition) is 4. The molecule has 0 aromatic heterocycles. The summed E-state index contributed by atoms with van der Waals surface area (Å²) in [7, 11) is -3.04. The number of methoxy groups -OCH3 is 1. The fourth-order valence-electron chi connectivity index (χ4n) is 1.33. The zero-order chi connectivity index (χ0) is 13.8. The van der Waals surface area contributed by atoms with E-state index in [9.17, 15) is 9.36 Å². The predicted octanol–water partition coefficient (Wildman–Crippen LogP) is -0.813. The summed E-state index contributed by atoms with van der Waals surface area (Å²) in [6.45, 7) is 0.608. The smallest absolute Gasteiger partial charge is 0.356 e. The first-order valence-electron chi connectivity index (χ1n) is 5.12. The van der Waals surface area contributed by atoms with Crippen LogP contribution in [0.15, 0.2) is 18.2 Å². The number of hydrogen-bond donors (Lipinski definition) is 4. The van der Waals surface area contributed by atoms with Gasteiger partial charge in [-0.1, -0.05) is 0 Å². The Morgan fingerprint density at radius 2 is 2.17 bits per heavy atom. The predicted molar refractivity (Wildman–Crippen MR) is 66.1 cm³/mol. The standard InChI is InChI=1S/C10H15N2O5P/c1-17-9-6-7(18(14,15)16)2-3-8(9)10(13)12-5-4-11/h2-3,6H,4-5,11H2,1H3,(H,12,13)(H2,14,15,16). The topological polar surface area (TPSA) is 122 Å². The van der Waals surface area contributed by atoms with Gasteiger partial charge in [0, 0.05) is 13.1 Å². The van der Waals surface area contributed by atoms with E-state index >= 15 is 0 Å². The fraction of sp³-hybridized carbons (Fsp3) is 0.300. The van der Waals surface area contributed by atoms with Gasteiger partial charge in [-0.15, -0.1) is 0 Å². The molecule has 0 saturated heterocycles. The highest BCUT2D eigenvalue weighted by atomic mass is 31.2. The molecule has 5 N–H and O–H groups in total. The van der Waals surface area contributed by atoms with Crippen molar-refractivity contribution >= 4 is 18.8 Å². The molecule has 8 heteroatoms. The number of carbonyl (C=O) groups is 1. The minimum atomic E-state index is -4.36. The van der Waals surface area contributed by atoms with Crippen molar-refractivity contribution in [1.29, 1.82) is 0 Å². The summed E-state index contributed by atoms with van der Waals surface area (Å²) >= 11 is 0. The number of amides is 1. The van der Waals surface area contributed by atoms with Crippen LogP contribution in [0.1, 0.15) is 10.4 Å². The molecule has 1 aromatic rings. The van der Waals surface area contributed by atoms with Gasteiger partial charge in [-0.25, -0.2) is 0 Å². The van der Waals surface area contributed by atoms with E-state index in [2.05, 4.69) is 5.32 Å². The lowest BCUT2D eigenvalue weighted by Crippen LogP contribution is -2.29. The second-order valence-corrected chi connectivity index (χ2v) is 5.08. The van der Waals surface area contributed by atoms with E-state index < -0.39 is 13.5 Å². The molecule has 1 aromatic carbocycles. The van der Waals surface area contributed by atoms with E-state index in [1.165, 1.54) is 19.2 Å². The highest BCUT2D eigenvalue weighted by Gasteiger charge is 2.21. The molecule has 0 unspecified atom stereocenters. The van der Waals surface area contributed by atoms with E-state index in [4.69, 9.17) is 20.3 Å². The van der Waals surface area contributed by atoms with Crippen molar-refractivity contribution in [3.8, 4) is 5.75 Å². The van der Waals surface area contributed by atoms with Gasteiger partial charge in [0.1, 0.15) is 5.75 Å². The van der Waals surface area contributed by atoms with Crippen LogP contribution in [0.3, 0.4) is 0 Å². The Morgan fingerprint density at radius 1 is 1.50 bits per heavy atom. The molecule has 0 aliphatic carbocycles. The summed E-state index contributed by atoms with van der Waals surface area (Å²) < 4.78 is 16.0. The zero-order valence-electron chi connectivity index (χ0n) is 9.79. The molecule has 0 fully saturated rings. The fourth-order valence-corrected chi connectivity index (χ4v) is 1.88. The maximum Gasteiger partial charge on any atom is 0.356 e. The first-order valence-corrected chi connectivity index (χ1v) is 6.73.